The molecule has 1 aliphatic rings. The molecule has 4 heteroatoms. The van der Waals surface area contributed by atoms with Gasteiger partial charge < -0.3 is 5.32 Å². The highest BCUT2D eigenvalue weighted by Gasteiger charge is 2.16. The zero-order valence-corrected chi connectivity index (χ0v) is 10.5. The lowest BCUT2D eigenvalue weighted by Crippen LogP contribution is -2.34. The lowest BCUT2D eigenvalue weighted by Gasteiger charge is -2.15. The van der Waals surface area contributed by atoms with Crippen molar-refractivity contribution in [2.45, 2.75) is 44.6 Å². The summed E-state index contributed by atoms with van der Waals surface area (Å²) in [4.78, 5) is 16.0. The van der Waals surface area contributed by atoms with Gasteiger partial charge in [-0.3, -0.25) is 9.78 Å². The average Bonchev–Trinajstić information content (AvgIpc) is 2.57. The van der Waals surface area contributed by atoms with Crippen molar-refractivity contribution in [3.63, 3.8) is 0 Å². The van der Waals surface area contributed by atoms with Gasteiger partial charge >= 0.3 is 0 Å². The van der Waals surface area contributed by atoms with Crippen LogP contribution in [-0.4, -0.2) is 16.9 Å². The van der Waals surface area contributed by atoms with Gasteiger partial charge in [0.15, 0.2) is 0 Å². The van der Waals surface area contributed by atoms with E-state index in [0.29, 0.717) is 16.8 Å². The number of pyridine rings is 1. The van der Waals surface area contributed by atoms with Gasteiger partial charge in [-0.1, -0.05) is 37.3 Å². The van der Waals surface area contributed by atoms with Crippen molar-refractivity contribution >= 4 is 17.5 Å². The Morgan fingerprint density at radius 3 is 2.65 bits per heavy atom. The molecule has 1 aliphatic carbocycles. The van der Waals surface area contributed by atoms with E-state index in [1.165, 1.54) is 25.7 Å². The Morgan fingerprint density at radius 2 is 2.00 bits per heavy atom. The topological polar surface area (TPSA) is 42.0 Å². The van der Waals surface area contributed by atoms with Crippen molar-refractivity contribution in [3.8, 4) is 0 Å². The van der Waals surface area contributed by atoms with Crippen molar-refractivity contribution in [1.82, 2.24) is 10.3 Å². The first-order valence-corrected chi connectivity index (χ1v) is 6.56. The Hall–Kier alpha value is -1.09. The highest BCUT2D eigenvalue weighted by atomic mass is 35.5. The molecule has 2 rings (SSSR count). The van der Waals surface area contributed by atoms with Crippen LogP contribution >= 0.6 is 11.6 Å². The first-order chi connectivity index (χ1) is 8.25. The summed E-state index contributed by atoms with van der Waals surface area (Å²) in [6.45, 7) is 0. The molecule has 92 valence electrons. The van der Waals surface area contributed by atoms with Crippen molar-refractivity contribution in [2.24, 2.45) is 0 Å². The minimum Gasteiger partial charge on any atom is -0.348 e. The molecule has 0 radical (unpaired) electrons. The molecule has 0 aliphatic heterocycles. The number of carbonyl (C=O) groups is 1. The lowest BCUT2D eigenvalue weighted by molar-refractivity contribution is 0.0928. The van der Waals surface area contributed by atoms with Gasteiger partial charge in [-0.15, -0.1) is 0 Å². The van der Waals surface area contributed by atoms with Crippen LogP contribution in [0.15, 0.2) is 18.3 Å². The van der Waals surface area contributed by atoms with Crippen LogP contribution in [0.1, 0.15) is 49.0 Å². The standard InChI is InChI=1S/C13H17ClN2O/c14-10-7-8-15-12(9-10)13(17)16-11-5-3-1-2-4-6-11/h7-9,11H,1-6H2,(H,16,17). The lowest BCUT2D eigenvalue weighted by atomic mass is 10.1. The highest BCUT2D eigenvalue weighted by Crippen LogP contribution is 2.17. The molecule has 1 N–H and O–H groups in total. The molecular weight excluding hydrogens is 236 g/mol. The van der Waals surface area contributed by atoms with E-state index < -0.39 is 0 Å². The van der Waals surface area contributed by atoms with Crippen LogP contribution in [0, 0.1) is 0 Å². The van der Waals surface area contributed by atoms with Crippen LogP contribution in [0.5, 0.6) is 0 Å². The maximum atomic E-state index is 11.9. The molecule has 1 aromatic rings. The van der Waals surface area contributed by atoms with Crippen molar-refractivity contribution in [3.05, 3.63) is 29.0 Å². The second-order valence-electron chi connectivity index (χ2n) is 4.52. The second-order valence-corrected chi connectivity index (χ2v) is 4.96. The van der Waals surface area contributed by atoms with Crippen LogP contribution in [0.2, 0.25) is 5.02 Å². The summed E-state index contributed by atoms with van der Waals surface area (Å²) in [5.41, 5.74) is 0.404. The number of nitrogens with one attached hydrogen (secondary N) is 1. The molecule has 3 nitrogen and oxygen atoms in total. The van der Waals surface area contributed by atoms with Crippen LogP contribution in [-0.2, 0) is 0 Å². The van der Waals surface area contributed by atoms with Crippen molar-refractivity contribution in [1.29, 1.82) is 0 Å². The first kappa shape index (κ1) is 12.4. The van der Waals surface area contributed by atoms with E-state index in [2.05, 4.69) is 10.3 Å². The predicted molar refractivity (Wildman–Crippen MR) is 68.2 cm³/mol. The number of halogens is 1. The van der Waals surface area contributed by atoms with Crippen molar-refractivity contribution in [2.75, 3.05) is 0 Å². The molecule has 0 bridgehead atoms. The third-order valence-electron chi connectivity index (χ3n) is 3.15. The van der Waals surface area contributed by atoms with E-state index in [1.54, 1.807) is 18.3 Å². The summed E-state index contributed by atoms with van der Waals surface area (Å²) in [6, 6.07) is 3.57. The van der Waals surface area contributed by atoms with Gasteiger partial charge in [-0.2, -0.15) is 0 Å². The summed E-state index contributed by atoms with van der Waals surface area (Å²) < 4.78 is 0. The fourth-order valence-electron chi connectivity index (χ4n) is 2.21. The third kappa shape index (κ3) is 3.70. The highest BCUT2D eigenvalue weighted by molar-refractivity contribution is 6.30. The minimum absolute atomic E-state index is 0.112. The van der Waals surface area contributed by atoms with Gasteiger partial charge in [-0.05, 0) is 25.0 Å². The number of nitrogens with zero attached hydrogens (tertiary/aromatic N) is 1. The van der Waals surface area contributed by atoms with E-state index in [1.807, 2.05) is 0 Å². The predicted octanol–water partition coefficient (Wildman–Crippen LogP) is 3.19. The van der Waals surface area contributed by atoms with E-state index >= 15 is 0 Å². The van der Waals surface area contributed by atoms with Gasteiger partial charge in [0, 0.05) is 17.3 Å². The molecule has 1 aromatic heterocycles. The molecule has 1 amide bonds. The smallest absolute Gasteiger partial charge is 0.270 e. The van der Waals surface area contributed by atoms with Crippen molar-refractivity contribution < 1.29 is 4.79 Å². The van der Waals surface area contributed by atoms with Gasteiger partial charge in [-0.25, -0.2) is 0 Å². The Bertz CT molecular complexity index is 387. The maximum absolute atomic E-state index is 11.9. The van der Waals surface area contributed by atoms with Gasteiger partial charge in [0.25, 0.3) is 5.91 Å². The van der Waals surface area contributed by atoms with Crippen LogP contribution < -0.4 is 5.32 Å². The third-order valence-corrected chi connectivity index (χ3v) is 3.38. The summed E-state index contributed by atoms with van der Waals surface area (Å²) in [6.07, 6.45) is 8.67. The Kier molecular flexibility index (Phi) is 4.37. The normalized spacial score (nSPS) is 17.5. The molecule has 0 spiro atoms. The molecule has 1 fully saturated rings. The Morgan fingerprint density at radius 1 is 1.29 bits per heavy atom. The molecule has 17 heavy (non-hydrogen) atoms. The number of hydrogen-bond donors (Lipinski definition) is 1. The quantitative estimate of drug-likeness (QED) is 0.822. The fourth-order valence-corrected chi connectivity index (χ4v) is 2.37. The summed E-state index contributed by atoms with van der Waals surface area (Å²) in [5, 5.41) is 3.59. The SMILES string of the molecule is O=C(NC1CCCCCC1)c1cc(Cl)ccn1. The molecule has 0 unspecified atom stereocenters. The van der Waals surface area contributed by atoms with E-state index in [4.69, 9.17) is 11.6 Å². The number of rotatable bonds is 2. The zero-order valence-electron chi connectivity index (χ0n) is 9.79. The molecule has 1 heterocycles. The second kappa shape index (κ2) is 6.01. The Balaban J connectivity index is 1.96. The van der Waals surface area contributed by atoms with Crippen LogP contribution in [0.3, 0.4) is 0 Å². The molecule has 0 aromatic carbocycles. The van der Waals surface area contributed by atoms with E-state index in [0.717, 1.165) is 12.8 Å². The number of amides is 1. The molecular formula is C13H17ClN2O. The van der Waals surface area contributed by atoms with E-state index in [9.17, 15) is 4.79 Å². The molecule has 1 saturated carbocycles. The van der Waals surface area contributed by atoms with Gasteiger partial charge in [0.05, 0.1) is 0 Å². The fraction of sp³-hybridized carbons (Fsp3) is 0.538. The summed E-state index contributed by atoms with van der Waals surface area (Å²) >= 11 is 5.84. The van der Waals surface area contributed by atoms with Gasteiger partial charge in [0.2, 0.25) is 0 Å². The maximum Gasteiger partial charge on any atom is 0.270 e. The zero-order chi connectivity index (χ0) is 12.1. The largest absolute Gasteiger partial charge is 0.348 e. The summed E-state index contributed by atoms with van der Waals surface area (Å²) in [7, 11) is 0. The minimum atomic E-state index is -0.112. The van der Waals surface area contributed by atoms with Crippen LogP contribution in [0.25, 0.3) is 0 Å². The average molecular weight is 253 g/mol. The number of hydrogen-bond acceptors (Lipinski definition) is 2. The van der Waals surface area contributed by atoms with E-state index in [-0.39, 0.29) is 5.91 Å². The van der Waals surface area contributed by atoms with Crippen LogP contribution in [0.4, 0.5) is 0 Å². The number of aromatic nitrogens is 1. The first-order valence-electron chi connectivity index (χ1n) is 6.18. The summed E-state index contributed by atoms with van der Waals surface area (Å²) in [5.74, 6) is -0.112. The molecule has 0 atom stereocenters. The monoisotopic (exact) mass is 252 g/mol. The molecule has 0 saturated heterocycles. The number of carbonyl (C=O) groups excluding carboxylic acids is 1. The van der Waals surface area contributed by atoms with Gasteiger partial charge in [0.1, 0.15) is 5.69 Å². The Labute approximate surface area is 107 Å².